The van der Waals surface area contributed by atoms with Gasteiger partial charge in [0.1, 0.15) is 11.8 Å². The van der Waals surface area contributed by atoms with Crippen molar-refractivity contribution in [2.45, 2.75) is 32.0 Å². The Kier molecular flexibility index (Phi) is 4.35. The predicted molar refractivity (Wildman–Crippen MR) is 96.7 cm³/mol. The van der Waals surface area contributed by atoms with Crippen molar-refractivity contribution >= 4 is 5.57 Å². The Morgan fingerprint density at radius 1 is 1.28 bits per heavy atom. The van der Waals surface area contributed by atoms with Gasteiger partial charge in [-0.3, -0.25) is 4.90 Å². The van der Waals surface area contributed by atoms with Crippen LogP contribution in [0.15, 0.2) is 48.7 Å². The van der Waals surface area contributed by atoms with E-state index < -0.39 is 0 Å². The third-order valence-corrected chi connectivity index (χ3v) is 5.11. The van der Waals surface area contributed by atoms with E-state index in [-0.39, 0.29) is 0 Å². The van der Waals surface area contributed by atoms with Gasteiger partial charge >= 0.3 is 0 Å². The van der Waals surface area contributed by atoms with E-state index in [1.165, 1.54) is 11.1 Å². The lowest BCUT2D eigenvalue weighted by atomic mass is 9.89. The van der Waals surface area contributed by atoms with E-state index >= 15 is 0 Å². The number of nitriles is 1. The molecule has 2 aromatic rings. The first-order chi connectivity index (χ1) is 12.2. The zero-order valence-corrected chi connectivity index (χ0v) is 14.4. The summed E-state index contributed by atoms with van der Waals surface area (Å²) in [6.07, 6.45) is 5.11. The number of nitrogens with zero attached hydrogens (tertiary/aromatic N) is 3. The Balaban J connectivity index is 1.61. The molecule has 4 nitrogen and oxygen atoms in total. The maximum Gasteiger partial charge on any atom is 0.143 e. The van der Waals surface area contributed by atoms with Gasteiger partial charge in [0.2, 0.25) is 0 Å². The van der Waals surface area contributed by atoms with Gasteiger partial charge in [-0.15, -0.1) is 0 Å². The lowest BCUT2D eigenvalue weighted by Gasteiger charge is -2.44. The molecule has 0 N–H and O–H groups in total. The molecule has 1 aromatic heterocycles. The molecule has 0 radical (unpaired) electrons. The fourth-order valence-corrected chi connectivity index (χ4v) is 3.78. The Bertz CT molecular complexity index is 838. The maximum atomic E-state index is 9.08. The lowest BCUT2D eigenvalue weighted by molar-refractivity contribution is -0.0402. The topological polar surface area (TPSA) is 49.1 Å². The number of ether oxygens (including phenoxy) is 1. The average Bonchev–Trinajstić information content (AvgIpc) is 2.62. The fraction of sp³-hybridized carbons (Fsp3) is 0.333. The molecule has 4 heteroatoms. The molecule has 0 amide bonds. The van der Waals surface area contributed by atoms with Crippen LogP contribution < -0.4 is 0 Å². The highest BCUT2D eigenvalue weighted by atomic mass is 16.5. The number of fused-ring (bicyclic) bond motifs is 2. The number of benzene rings is 1. The first-order valence-corrected chi connectivity index (χ1v) is 8.70. The van der Waals surface area contributed by atoms with E-state index in [1.807, 2.05) is 13.1 Å². The number of aryl methyl sites for hydroxylation is 1. The first kappa shape index (κ1) is 16.0. The van der Waals surface area contributed by atoms with Crippen molar-refractivity contribution in [3.05, 3.63) is 71.1 Å². The van der Waals surface area contributed by atoms with Crippen LogP contribution >= 0.6 is 0 Å². The number of pyridine rings is 1. The van der Waals surface area contributed by atoms with Gasteiger partial charge < -0.3 is 4.74 Å². The summed E-state index contributed by atoms with van der Waals surface area (Å²) in [5.41, 5.74) is 5.24. The summed E-state index contributed by atoms with van der Waals surface area (Å²) in [6.45, 7) is 4.40. The lowest BCUT2D eigenvalue weighted by Crippen LogP contribution is -2.53. The van der Waals surface area contributed by atoms with E-state index in [0.717, 1.165) is 37.3 Å². The summed E-state index contributed by atoms with van der Waals surface area (Å²) in [4.78, 5) is 6.85. The smallest absolute Gasteiger partial charge is 0.143 e. The Morgan fingerprint density at radius 2 is 2.12 bits per heavy atom. The van der Waals surface area contributed by atoms with Gasteiger partial charge in [0.25, 0.3) is 0 Å². The van der Waals surface area contributed by atoms with Crippen molar-refractivity contribution in [3.63, 3.8) is 0 Å². The Hall–Kier alpha value is -2.48. The van der Waals surface area contributed by atoms with Crippen LogP contribution in [0.3, 0.4) is 0 Å². The van der Waals surface area contributed by atoms with Crippen LogP contribution in [0.2, 0.25) is 0 Å². The monoisotopic (exact) mass is 331 g/mol. The molecule has 2 bridgehead atoms. The molecule has 4 rings (SSSR count). The number of rotatable bonds is 3. The van der Waals surface area contributed by atoms with Crippen molar-refractivity contribution in [1.82, 2.24) is 9.88 Å². The molecule has 3 heterocycles. The van der Waals surface area contributed by atoms with Crippen molar-refractivity contribution in [3.8, 4) is 6.07 Å². The van der Waals surface area contributed by atoms with Crippen LogP contribution in [0.5, 0.6) is 0 Å². The largest absolute Gasteiger partial charge is 0.378 e. The summed E-state index contributed by atoms with van der Waals surface area (Å²) in [5, 5.41) is 9.08. The van der Waals surface area contributed by atoms with Crippen LogP contribution in [0.25, 0.3) is 5.57 Å². The molecule has 1 aromatic carbocycles. The van der Waals surface area contributed by atoms with E-state index in [2.05, 4.69) is 58.4 Å². The van der Waals surface area contributed by atoms with Crippen molar-refractivity contribution in [1.29, 1.82) is 5.26 Å². The molecular weight excluding hydrogens is 310 g/mol. The highest BCUT2D eigenvalue weighted by molar-refractivity contribution is 5.68. The molecule has 2 unspecified atom stereocenters. The highest BCUT2D eigenvalue weighted by Crippen LogP contribution is 2.33. The third-order valence-electron chi connectivity index (χ3n) is 5.11. The molecule has 2 atom stereocenters. The van der Waals surface area contributed by atoms with Gasteiger partial charge in [-0.05, 0) is 41.7 Å². The van der Waals surface area contributed by atoms with Gasteiger partial charge in [0, 0.05) is 18.8 Å². The van der Waals surface area contributed by atoms with Crippen LogP contribution in [0.1, 0.15) is 28.8 Å². The fourth-order valence-electron chi connectivity index (χ4n) is 3.78. The zero-order chi connectivity index (χ0) is 17.2. The summed E-state index contributed by atoms with van der Waals surface area (Å²) < 4.78 is 5.80. The minimum absolute atomic E-state index is 0.290. The van der Waals surface area contributed by atoms with Crippen molar-refractivity contribution in [2.24, 2.45) is 0 Å². The molecule has 0 saturated carbocycles. The standard InChI is InChI=1S/C21H21N3O/c1-15-7-18(11-23-21(15)10-22)17-8-19-13-25-14-20(9-17)24(19)12-16-5-3-2-4-6-16/h2-8,11,19-20H,9,12-14H2,1H3. The average molecular weight is 331 g/mol. The summed E-state index contributed by atoms with van der Waals surface area (Å²) in [5.74, 6) is 0. The number of hydrogen-bond acceptors (Lipinski definition) is 4. The molecular formula is C21H21N3O. The number of morpholine rings is 1. The van der Waals surface area contributed by atoms with Crippen molar-refractivity contribution in [2.75, 3.05) is 13.2 Å². The second kappa shape index (κ2) is 6.79. The van der Waals surface area contributed by atoms with Gasteiger partial charge in [-0.2, -0.15) is 5.26 Å². The Morgan fingerprint density at radius 3 is 2.84 bits per heavy atom. The van der Waals surface area contributed by atoms with E-state index in [0.29, 0.717) is 17.8 Å². The minimum atomic E-state index is 0.290. The van der Waals surface area contributed by atoms with Crippen LogP contribution in [0.4, 0.5) is 0 Å². The normalized spacial score (nSPS) is 23.0. The van der Waals surface area contributed by atoms with E-state index in [1.54, 1.807) is 0 Å². The second-order valence-electron chi connectivity index (χ2n) is 6.81. The van der Waals surface area contributed by atoms with Crippen LogP contribution in [-0.2, 0) is 11.3 Å². The summed E-state index contributed by atoms with van der Waals surface area (Å²) >= 11 is 0. The summed E-state index contributed by atoms with van der Waals surface area (Å²) in [7, 11) is 0. The van der Waals surface area contributed by atoms with Crippen LogP contribution in [0, 0.1) is 18.3 Å². The predicted octanol–water partition coefficient (Wildman–Crippen LogP) is 3.32. The van der Waals surface area contributed by atoms with Gasteiger partial charge in [0.05, 0.1) is 19.3 Å². The van der Waals surface area contributed by atoms with Crippen molar-refractivity contribution < 1.29 is 4.74 Å². The van der Waals surface area contributed by atoms with Gasteiger partial charge in [-0.1, -0.05) is 36.4 Å². The zero-order valence-electron chi connectivity index (χ0n) is 14.4. The first-order valence-electron chi connectivity index (χ1n) is 8.70. The van der Waals surface area contributed by atoms with Crippen LogP contribution in [-0.4, -0.2) is 35.2 Å². The van der Waals surface area contributed by atoms with Gasteiger partial charge in [0.15, 0.2) is 0 Å². The molecule has 25 heavy (non-hydrogen) atoms. The van der Waals surface area contributed by atoms with E-state index in [9.17, 15) is 0 Å². The second-order valence-corrected chi connectivity index (χ2v) is 6.81. The minimum Gasteiger partial charge on any atom is -0.378 e. The van der Waals surface area contributed by atoms with E-state index in [4.69, 9.17) is 10.00 Å². The quantitative estimate of drug-likeness (QED) is 0.866. The maximum absolute atomic E-state index is 9.08. The molecule has 1 saturated heterocycles. The summed E-state index contributed by atoms with van der Waals surface area (Å²) in [6, 6.07) is 15.5. The highest BCUT2D eigenvalue weighted by Gasteiger charge is 2.34. The third kappa shape index (κ3) is 3.21. The number of aromatic nitrogens is 1. The molecule has 126 valence electrons. The molecule has 0 aliphatic carbocycles. The molecule has 2 aliphatic rings. The molecule has 1 fully saturated rings. The molecule has 0 spiro atoms. The van der Waals surface area contributed by atoms with Gasteiger partial charge in [-0.25, -0.2) is 4.98 Å². The molecule has 2 aliphatic heterocycles. The SMILES string of the molecule is Cc1cc(C2=CC3COCC(C2)N3Cc2ccccc2)cnc1C#N. The number of hydrogen-bond donors (Lipinski definition) is 0. The Labute approximate surface area is 148 Å².